The second-order valence-electron chi connectivity index (χ2n) is 3.87. The van der Waals surface area contributed by atoms with Gasteiger partial charge in [0.25, 0.3) is 0 Å². The minimum absolute atomic E-state index is 0.0626. The van der Waals surface area contributed by atoms with Crippen molar-refractivity contribution in [3.05, 3.63) is 35.4 Å². The van der Waals surface area contributed by atoms with E-state index in [0.717, 1.165) is 5.56 Å². The van der Waals surface area contributed by atoms with Crippen LogP contribution in [0.3, 0.4) is 0 Å². The zero-order valence-corrected chi connectivity index (χ0v) is 9.69. The molecule has 0 saturated carbocycles. The third-order valence-electron chi connectivity index (χ3n) is 2.61. The van der Waals surface area contributed by atoms with Crippen LogP contribution in [0.5, 0.6) is 0 Å². The zero-order valence-electron chi connectivity index (χ0n) is 9.69. The lowest BCUT2D eigenvalue weighted by molar-refractivity contribution is -0.119. The van der Waals surface area contributed by atoms with Gasteiger partial charge in [0.1, 0.15) is 5.78 Å². The van der Waals surface area contributed by atoms with Gasteiger partial charge in [0.15, 0.2) is 5.78 Å². The van der Waals surface area contributed by atoms with E-state index >= 15 is 0 Å². The molecule has 0 bridgehead atoms. The Morgan fingerprint density at radius 2 is 1.94 bits per heavy atom. The number of carbonyl (C=O) groups is 2. The fourth-order valence-electron chi connectivity index (χ4n) is 1.57. The summed E-state index contributed by atoms with van der Waals surface area (Å²) in [7, 11) is 0. The van der Waals surface area contributed by atoms with E-state index in [-0.39, 0.29) is 18.0 Å². The molecule has 0 aliphatic carbocycles. The van der Waals surface area contributed by atoms with Crippen LogP contribution in [0.4, 0.5) is 0 Å². The second-order valence-corrected chi connectivity index (χ2v) is 3.87. The summed E-state index contributed by atoms with van der Waals surface area (Å²) in [4.78, 5) is 23.2. The van der Waals surface area contributed by atoms with Crippen molar-refractivity contribution >= 4 is 11.6 Å². The molecule has 0 spiro atoms. The van der Waals surface area contributed by atoms with Crippen molar-refractivity contribution in [3.8, 4) is 0 Å². The predicted octanol–water partition coefficient (Wildman–Crippen LogP) is 1.87. The maximum Gasteiger partial charge on any atom is 0.165 e. The van der Waals surface area contributed by atoms with E-state index in [4.69, 9.17) is 5.73 Å². The number of Topliss-reactive ketones (excluding diaryl/α,β-unsaturated/α-hetero) is 2. The molecule has 16 heavy (non-hydrogen) atoms. The molecule has 3 heteroatoms. The summed E-state index contributed by atoms with van der Waals surface area (Å²) >= 11 is 0. The summed E-state index contributed by atoms with van der Waals surface area (Å²) in [5.74, 6) is -0.130. The first-order valence-electron chi connectivity index (χ1n) is 5.43. The Morgan fingerprint density at radius 1 is 1.31 bits per heavy atom. The summed E-state index contributed by atoms with van der Waals surface area (Å²) < 4.78 is 0. The van der Waals surface area contributed by atoms with Gasteiger partial charge >= 0.3 is 0 Å². The van der Waals surface area contributed by atoms with Gasteiger partial charge in [-0.3, -0.25) is 9.59 Å². The van der Waals surface area contributed by atoms with Gasteiger partial charge in [0.2, 0.25) is 0 Å². The summed E-state index contributed by atoms with van der Waals surface area (Å²) in [5, 5.41) is 0. The lowest BCUT2D eigenvalue weighted by atomic mass is 9.97. The number of hydrogen-bond acceptors (Lipinski definition) is 3. The second kappa shape index (κ2) is 5.56. The van der Waals surface area contributed by atoms with Crippen molar-refractivity contribution in [2.45, 2.75) is 32.7 Å². The highest BCUT2D eigenvalue weighted by atomic mass is 16.1. The SMILES string of the molecule is CCC(=O)C(N)CC(=O)c1ccccc1C. The molecule has 0 amide bonds. The Morgan fingerprint density at radius 3 is 2.50 bits per heavy atom. The Bertz CT molecular complexity index is 399. The fraction of sp³-hybridized carbons (Fsp3) is 0.385. The van der Waals surface area contributed by atoms with Gasteiger partial charge in [-0.1, -0.05) is 31.2 Å². The van der Waals surface area contributed by atoms with Crippen LogP contribution in [0.2, 0.25) is 0 Å². The Hall–Kier alpha value is -1.48. The number of carbonyl (C=O) groups excluding carboxylic acids is 2. The Labute approximate surface area is 95.6 Å². The number of benzene rings is 1. The van der Waals surface area contributed by atoms with Crippen LogP contribution in [0.1, 0.15) is 35.7 Å². The molecule has 1 aromatic carbocycles. The first-order valence-corrected chi connectivity index (χ1v) is 5.43. The molecule has 0 aliphatic heterocycles. The highest BCUT2D eigenvalue weighted by Gasteiger charge is 2.17. The number of aryl methyl sites for hydroxylation is 1. The van der Waals surface area contributed by atoms with Crippen molar-refractivity contribution in [1.29, 1.82) is 0 Å². The summed E-state index contributed by atoms with van der Waals surface area (Å²) in [6.45, 7) is 3.63. The van der Waals surface area contributed by atoms with Crippen molar-refractivity contribution in [2.24, 2.45) is 5.73 Å². The average molecular weight is 219 g/mol. The molecule has 0 fully saturated rings. The third-order valence-corrected chi connectivity index (χ3v) is 2.61. The minimum atomic E-state index is -0.669. The number of ketones is 2. The van der Waals surface area contributed by atoms with Crippen molar-refractivity contribution in [1.82, 2.24) is 0 Å². The summed E-state index contributed by atoms with van der Waals surface area (Å²) in [5.41, 5.74) is 7.22. The standard InChI is InChI=1S/C13H17NO2/c1-3-12(15)11(14)8-13(16)10-7-5-4-6-9(10)2/h4-7,11H,3,8,14H2,1-2H3. The first-order chi connectivity index (χ1) is 7.56. The Kier molecular flexibility index (Phi) is 4.38. The van der Waals surface area contributed by atoms with Crippen LogP contribution in [-0.2, 0) is 4.79 Å². The number of hydrogen-bond donors (Lipinski definition) is 1. The first kappa shape index (κ1) is 12.6. The maximum absolute atomic E-state index is 11.9. The highest BCUT2D eigenvalue weighted by Crippen LogP contribution is 2.11. The molecule has 0 aliphatic rings. The van der Waals surface area contributed by atoms with Gasteiger partial charge in [-0.25, -0.2) is 0 Å². The van der Waals surface area contributed by atoms with Crippen molar-refractivity contribution in [2.75, 3.05) is 0 Å². The van der Waals surface area contributed by atoms with E-state index in [2.05, 4.69) is 0 Å². The lowest BCUT2D eigenvalue weighted by Gasteiger charge is -2.09. The molecular formula is C13H17NO2. The van der Waals surface area contributed by atoms with Crippen LogP contribution >= 0.6 is 0 Å². The van der Waals surface area contributed by atoms with Gasteiger partial charge in [0.05, 0.1) is 6.04 Å². The molecule has 0 aromatic heterocycles. The molecule has 1 atom stereocenters. The van der Waals surface area contributed by atoms with Gasteiger partial charge in [-0.15, -0.1) is 0 Å². The van der Waals surface area contributed by atoms with Crippen molar-refractivity contribution < 1.29 is 9.59 Å². The van der Waals surface area contributed by atoms with E-state index in [1.807, 2.05) is 25.1 Å². The molecule has 0 heterocycles. The normalized spacial score (nSPS) is 12.2. The van der Waals surface area contributed by atoms with E-state index in [0.29, 0.717) is 12.0 Å². The summed E-state index contributed by atoms with van der Waals surface area (Å²) in [6, 6.07) is 6.66. The van der Waals surface area contributed by atoms with Crippen molar-refractivity contribution in [3.63, 3.8) is 0 Å². The largest absolute Gasteiger partial charge is 0.321 e. The fourth-order valence-corrected chi connectivity index (χ4v) is 1.57. The van der Waals surface area contributed by atoms with E-state index < -0.39 is 6.04 Å². The molecule has 3 nitrogen and oxygen atoms in total. The minimum Gasteiger partial charge on any atom is -0.321 e. The molecule has 0 radical (unpaired) electrons. The predicted molar refractivity (Wildman–Crippen MR) is 63.4 cm³/mol. The van der Waals surface area contributed by atoms with Gasteiger partial charge < -0.3 is 5.73 Å². The van der Waals surface area contributed by atoms with Crippen LogP contribution in [-0.4, -0.2) is 17.6 Å². The van der Waals surface area contributed by atoms with Gasteiger partial charge in [-0.2, -0.15) is 0 Å². The molecule has 86 valence electrons. The van der Waals surface area contributed by atoms with E-state index in [1.54, 1.807) is 13.0 Å². The van der Waals surface area contributed by atoms with E-state index in [9.17, 15) is 9.59 Å². The van der Waals surface area contributed by atoms with Gasteiger partial charge in [-0.05, 0) is 12.5 Å². The smallest absolute Gasteiger partial charge is 0.165 e. The Balaban J connectivity index is 2.73. The van der Waals surface area contributed by atoms with Crippen LogP contribution < -0.4 is 5.73 Å². The number of nitrogens with two attached hydrogens (primary N) is 1. The van der Waals surface area contributed by atoms with E-state index in [1.165, 1.54) is 0 Å². The van der Waals surface area contributed by atoms with Crippen LogP contribution in [0.25, 0.3) is 0 Å². The molecule has 1 rings (SSSR count). The van der Waals surface area contributed by atoms with Gasteiger partial charge in [0, 0.05) is 18.4 Å². The molecule has 1 aromatic rings. The monoisotopic (exact) mass is 219 g/mol. The topological polar surface area (TPSA) is 60.2 Å². The lowest BCUT2D eigenvalue weighted by Crippen LogP contribution is -2.32. The number of rotatable bonds is 5. The van der Waals surface area contributed by atoms with Crippen LogP contribution in [0, 0.1) is 6.92 Å². The third kappa shape index (κ3) is 3.00. The molecule has 1 unspecified atom stereocenters. The average Bonchev–Trinajstić information content (AvgIpc) is 2.28. The quantitative estimate of drug-likeness (QED) is 0.769. The molecular weight excluding hydrogens is 202 g/mol. The highest BCUT2D eigenvalue weighted by molar-refractivity contribution is 6.00. The summed E-state index contributed by atoms with van der Waals surface area (Å²) in [6.07, 6.45) is 0.472. The zero-order chi connectivity index (χ0) is 12.1. The maximum atomic E-state index is 11.9. The van der Waals surface area contributed by atoms with Crippen LogP contribution in [0.15, 0.2) is 24.3 Å². The molecule has 2 N–H and O–H groups in total. The molecule has 0 saturated heterocycles.